The fraction of sp³-hybridized carbons (Fsp3) is 1.00. The Hall–Kier alpha value is -0.553. The first-order valence-corrected chi connectivity index (χ1v) is 9.48. The Morgan fingerprint density at radius 3 is 2.05 bits per heavy atom. The van der Waals surface area contributed by atoms with E-state index >= 15 is 0 Å². The van der Waals surface area contributed by atoms with Crippen LogP contribution in [0.1, 0.15) is 61.3 Å². The minimum absolute atomic E-state index is 0.189. The van der Waals surface area contributed by atoms with E-state index in [9.17, 15) is 0 Å². The van der Waals surface area contributed by atoms with E-state index in [0.717, 1.165) is 12.8 Å². The van der Waals surface area contributed by atoms with Crippen LogP contribution in [0.25, 0.3) is 10.4 Å². The number of azide groups is 1. The van der Waals surface area contributed by atoms with Gasteiger partial charge in [0.25, 0.3) is 0 Å². The van der Waals surface area contributed by atoms with Crippen LogP contribution in [0.4, 0.5) is 0 Å². The number of nitrogens with zero attached hydrogens (tertiary/aromatic N) is 3. The lowest BCUT2D eigenvalue weighted by atomic mass is 10.2. The van der Waals surface area contributed by atoms with Gasteiger partial charge in [-0.3, -0.25) is 0 Å². The number of rotatable bonds is 9. The molecule has 0 fully saturated rings. The summed E-state index contributed by atoms with van der Waals surface area (Å²) in [6.07, 6.45) is 1.76. The molecule has 0 aromatic heterocycles. The molecule has 0 aliphatic carbocycles. The van der Waals surface area contributed by atoms with E-state index in [1.807, 2.05) is 0 Å². The van der Waals surface area contributed by atoms with Gasteiger partial charge < -0.3 is 8.85 Å². The molecule has 0 rings (SSSR count). The van der Waals surface area contributed by atoms with Crippen molar-refractivity contribution in [2.75, 3.05) is 13.2 Å². The second-order valence-corrected chi connectivity index (χ2v) is 11.0. The summed E-state index contributed by atoms with van der Waals surface area (Å²) in [7, 11) is -2.26. The van der Waals surface area contributed by atoms with Gasteiger partial charge in [0.15, 0.2) is 0 Å². The quantitative estimate of drug-likeness (QED) is 0.194. The lowest BCUT2D eigenvalue weighted by Gasteiger charge is -2.42. The van der Waals surface area contributed by atoms with Gasteiger partial charge in [-0.1, -0.05) is 32.8 Å². The molecule has 0 radical (unpaired) electrons. The summed E-state index contributed by atoms with van der Waals surface area (Å²) in [4.78, 5) is 2.76. The van der Waals surface area contributed by atoms with Gasteiger partial charge in [-0.25, -0.2) is 0 Å². The van der Waals surface area contributed by atoms with Gasteiger partial charge >= 0.3 is 8.56 Å². The summed E-state index contributed by atoms with van der Waals surface area (Å²) in [5.41, 5.74) is 8.85. The normalized spacial score (nSPS) is 12.8. The SMILES string of the molecule is CC(C)[Si](OCCCCN=[N+]=[N-])(OC(C)(C)C)C(C)C. The minimum Gasteiger partial charge on any atom is -0.394 e. The first kappa shape index (κ1) is 19.4. The van der Waals surface area contributed by atoms with Gasteiger partial charge in [0, 0.05) is 18.1 Å². The molecule has 0 unspecified atom stereocenters. The van der Waals surface area contributed by atoms with E-state index in [1.54, 1.807) is 0 Å². The highest BCUT2D eigenvalue weighted by molar-refractivity contribution is 6.70. The number of unbranched alkanes of at least 4 members (excludes halogenated alkanes) is 1. The summed E-state index contributed by atoms with van der Waals surface area (Å²) < 4.78 is 12.7. The van der Waals surface area contributed by atoms with Crippen molar-refractivity contribution in [2.24, 2.45) is 5.11 Å². The maximum absolute atomic E-state index is 8.24. The molecule has 118 valence electrons. The van der Waals surface area contributed by atoms with E-state index < -0.39 is 8.56 Å². The molecule has 20 heavy (non-hydrogen) atoms. The van der Waals surface area contributed by atoms with Crippen molar-refractivity contribution < 1.29 is 8.85 Å². The van der Waals surface area contributed by atoms with Gasteiger partial charge in [-0.2, -0.15) is 0 Å². The van der Waals surface area contributed by atoms with Gasteiger partial charge in [-0.15, -0.1) is 0 Å². The monoisotopic (exact) mass is 301 g/mol. The molecule has 0 amide bonds. The van der Waals surface area contributed by atoms with Crippen molar-refractivity contribution in [2.45, 2.75) is 78.0 Å². The first-order valence-electron chi connectivity index (χ1n) is 7.50. The molecule has 6 heteroatoms. The topological polar surface area (TPSA) is 67.2 Å². The Labute approximate surface area is 124 Å². The summed E-state index contributed by atoms with van der Waals surface area (Å²) in [5, 5.41) is 3.54. The molecule has 0 N–H and O–H groups in total. The maximum atomic E-state index is 8.24. The predicted octanol–water partition coefficient (Wildman–Crippen LogP) is 5.17. The molecular weight excluding hydrogens is 270 g/mol. The third kappa shape index (κ3) is 6.75. The van der Waals surface area contributed by atoms with Crippen molar-refractivity contribution in [1.82, 2.24) is 0 Å². The van der Waals surface area contributed by atoms with E-state index in [1.165, 1.54) is 0 Å². The molecule has 0 aliphatic heterocycles. The summed E-state index contributed by atoms with van der Waals surface area (Å²) >= 11 is 0. The van der Waals surface area contributed by atoms with E-state index in [-0.39, 0.29) is 5.60 Å². The highest BCUT2D eigenvalue weighted by atomic mass is 28.4. The van der Waals surface area contributed by atoms with Gasteiger partial charge in [0.1, 0.15) is 0 Å². The second-order valence-electron chi connectivity index (χ2n) is 6.76. The zero-order chi connectivity index (χ0) is 15.8. The average Bonchev–Trinajstić information content (AvgIpc) is 2.29. The zero-order valence-corrected chi connectivity index (χ0v) is 15.1. The maximum Gasteiger partial charge on any atom is 0.343 e. The Balaban J connectivity index is 4.64. The Morgan fingerprint density at radius 2 is 1.65 bits per heavy atom. The van der Waals surface area contributed by atoms with Crippen LogP contribution in [0.5, 0.6) is 0 Å². The summed E-state index contributed by atoms with van der Waals surface area (Å²) in [6.45, 7) is 16.3. The molecule has 5 nitrogen and oxygen atoms in total. The molecule has 0 aromatic carbocycles. The molecule has 0 aromatic rings. The highest BCUT2D eigenvalue weighted by Crippen LogP contribution is 2.37. The minimum atomic E-state index is -2.26. The zero-order valence-electron chi connectivity index (χ0n) is 14.1. The van der Waals surface area contributed by atoms with Crippen LogP contribution in [0.15, 0.2) is 5.11 Å². The van der Waals surface area contributed by atoms with E-state index in [2.05, 4.69) is 58.5 Å². The number of hydrogen-bond donors (Lipinski definition) is 0. The van der Waals surface area contributed by atoms with Crippen LogP contribution < -0.4 is 0 Å². The highest BCUT2D eigenvalue weighted by Gasteiger charge is 2.47. The molecule has 0 spiro atoms. The molecule has 0 saturated heterocycles. The van der Waals surface area contributed by atoms with Crippen molar-refractivity contribution in [3.8, 4) is 0 Å². The standard InChI is InChI=1S/C14H31N3O2Si/c1-12(2)20(13(3)4,19-14(5,6)7)18-11-9-8-10-16-17-15/h12-13H,8-11H2,1-7H3. The molecule has 0 atom stereocenters. The van der Waals surface area contributed by atoms with Gasteiger partial charge in [0.05, 0.1) is 5.60 Å². The first-order chi connectivity index (χ1) is 9.15. The molecule has 0 heterocycles. The molecular formula is C14H31N3O2Si. The Kier molecular flexibility index (Phi) is 8.43. The van der Waals surface area contributed by atoms with Gasteiger partial charge in [0.2, 0.25) is 0 Å². The number of hydrogen-bond acceptors (Lipinski definition) is 3. The van der Waals surface area contributed by atoms with Gasteiger partial charge in [-0.05, 0) is 50.2 Å². The van der Waals surface area contributed by atoms with E-state index in [0.29, 0.717) is 24.2 Å². The van der Waals surface area contributed by atoms with Crippen LogP contribution in [-0.4, -0.2) is 27.3 Å². The van der Waals surface area contributed by atoms with Crippen molar-refractivity contribution in [3.63, 3.8) is 0 Å². The van der Waals surface area contributed by atoms with E-state index in [4.69, 9.17) is 14.4 Å². The van der Waals surface area contributed by atoms with Crippen molar-refractivity contribution in [1.29, 1.82) is 0 Å². The third-order valence-corrected chi connectivity index (χ3v) is 7.92. The fourth-order valence-corrected chi connectivity index (χ4v) is 6.26. The Bertz CT molecular complexity index is 313. The predicted molar refractivity (Wildman–Crippen MR) is 86.0 cm³/mol. The lowest BCUT2D eigenvalue weighted by Crippen LogP contribution is -2.52. The largest absolute Gasteiger partial charge is 0.394 e. The molecule has 0 bridgehead atoms. The Morgan fingerprint density at radius 1 is 1.10 bits per heavy atom. The summed E-state index contributed by atoms with van der Waals surface area (Å²) in [5.74, 6) is 0. The third-order valence-electron chi connectivity index (χ3n) is 3.12. The average molecular weight is 302 g/mol. The lowest BCUT2D eigenvalue weighted by molar-refractivity contribution is 0.0525. The van der Waals surface area contributed by atoms with Crippen molar-refractivity contribution in [3.05, 3.63) is 10.4 Å². The smallest absolute Gasteiger partial charge is 0.343 e. The van der Waals surface area contributed by atoms with Crippen molar-refractivity contribution >= 4 is 8.56 Å². The summed E-state index contributed by atoms with van der Waals surface area (Å²) in [6, 6.07) is 0. The van der Waals surface area contributed by atoms with Crippen LogP contribution in [0.3, 0.4) is 0 Å². The molecule has 0 aliphatic rings. The second kappa shape index (κ2) is 8.67. The fourth-order valence-electron chi connectivity index (χ4n) is 2.30. The van der Waals surface area contributed by atoms with Crippen LogP contribution in [-0.2, 0) is 8.85 Å². The van der Waals surface area contributed by atoms with Crippen LogP contribution in [0, 0.1) is 0 Å². The van der Waals surface area contributed by atoms with Crippen LogP contribution >= 0.6 is 0 Å². The van der Waals surface area contributed by atoms with Crippen LogP contribution in [0.2, 0.25) is 11.1 Å². The molecule has 0 saturated carbocycles.